The second-order valence-electron chi connectivity index (χ2n) is 3.28. The summed E-state index contributed by atoms with van der Waals surface area (Å²) in [5.74, 6) is 0. The highest BCUT2D eigenvalue weighted by molar-refractivity contribution is 6.54. The van der Waals surface area contributed by atoms with Crippen molar-refractivity contribution in [3.63, 3.8) is 0 Å². The highest BCUT2D eigenvalue weighted by Crippen LogP contribution is 2.41. The third kappa shape index (κ3) is 1.94. The molecule has 2 aromatic rings. The number of aliphatic hydroxyl groups is 1. The lowest BCUT2D eigenvalue weighted by Gasteiger charge is -2.06. The fourth-order valence-corrected chi connectivity index (χ4v) is 2.57. The van der Waals surface area contributed by atoms with Crippen LogP contribution in [0.3, 0.4) is 0 Å². The van der Waals surface area contributed by atoms with Gasteiger partial charge in [-0.1, -0.05) is 46.4 Å². The first-order chi connectivity index (χ1) is 7.99. The van der Waals surface area contributed by atoms with Crippen LogP contribution in [0.25, 0.3) is 11.0 Å². The summed E-state index contributed by atoms with van der Waals surface area (Å²) >= 11 is 23.8. The summed E-state index contributed by atoms with van der Waals surface area (Å²) in [5.41, 5.74) is 0.214. The molecule has 0 spiro atoms. The van der Waals surface area contributed by atoms with Gasteiger partial charge in [-0.2, -0.15) is 0 Å². The molecule has 92 valence electrons. The minimum atomic E-state index is -0.434. The maximum absolute atomic E-state index is 11.6. The molecule has 0 aliphatic carbocycles. The molecule has 0 atom stereocenters. The summed E-state index contributed by atoms with van der Waals surface area (Å²) in [6, 6.07) is 0. The van der Waals surface area contributed by atoms with Crippen LogP contribution < -0.4 is 5.69 Å². The number of nitrogens with one attached hydrogen (secondary N) is 1. The predicted molar refractivity (Wildman–Crippen MR) is 69.7 cm³/mol. The van der Waals surface area contributed by atoms with E-state index in [0.717, 1.165) is 0 Å². The van der Waals surface area contributed by atoms with E-state index in [9.17, 15) is 4.79 Å². The number of H-pyrrole nitrogens is 1. The zero-order valence-electron chi connectivity index (χ0n) is 8.23. The molecule has 1 heterocycles. The maximum atomic E-state index is 11.6. The van der Waals surface area contributed by atoms with Crippen molar-refractivity contribution in [3.8, 4) is 0 Å². The molecule has 0 bridgehead atoms. The van der Waals surface area contributed by atoms with Crippen molar-refractivity contribution in [2.24, 2.45) is 0 Å². The Bertz CT molecular complexity index is 647. The Morgan fingerprint density at radius 3 is 2.24 bits per heavy atom. The summed E-state index contributed by atoms with van der Waals surface area (Å²) in [6.45, 7) is -0.117. The van der Waals surface area contributed by atoms with Crippen LogP contribution in [0.1, 0.15) is 0 Å². The van der Waals surface area contributed by atoms with Crippen molar-refractivity contribution in [1.82, 2.24) is 9.55 Å². The summed E-state index contributed by atoms with van der Waals surface area (Å²) < 4.78 is 1.26. The molecule has 0 radical (unpaired) electrons. The minimum Gasteiger partial charge on any atom is -0.395 e. The number of hydrogen-bond acceptors (Lipinski definition) is 2. The molecule has 1 aromatic carbocycles. The smallest absolute Gasteiger partial charge is 0.326 e. The first-order valence-corrected chi connectivity index (χ1v) is 6.05. The number of halogens is 4. The number of aromatic amines is 1. The van der Waals surface area contributed by atoms with E-state index in [0.29, 0.717) is 11.0 Å². The van der Waals surface area contributed by atoms with Gasteiger partial charge in [0.15, 0.2) is 0 Å². The van der Waals surface area contributed by atoms with Gasteiger partial charge in [-0.15, -0.1) is 0 Å². The number of hydrogen-bond donors (Lipinski definition) is 2. The van der Waals surface area contributed by atoms with E-state index in [1.165, 1.54) is 4.57 Å². The highest BCUT2D eigenvalue weighted by atomic mass is 35.5. The van der Waals surface area contributed by atoms with E-state index in [1.54, 1.807) is 0 Å². The molecule has 1 aromatic heterocycles. The molecule has 17 heavy (non-hydrogen) atoms. The molecule has 0 aliphatic rings. The van der Waals surface area contributed by atoms with E-state index in [4.69, 9.17) is 51.5 Å². The van der Waals surface area contributed by atoms with Crippen LogP contribution in [-0.4, -0.2) is 21.3 Å². The maximum Gasteiger partial charge on any atom is 0.326 e. The first kappa shape index (κ1) is 13.1. The van der Waals surface area contributed by atoms with Crippen LogP contribution in [-0.2, 0) is 6.54 Å². The highest BCUT2D eigenvalue weighted by Gasteiger charge is 2.20. The average molecular weight is 316 g/mol. The topological polar surface area (TPSA) is 58.0 Å². The Hall–Kier alpha value is -0.390. The molecule has 0 aliphatic heterocycles. The van der Waals surface area contributed by atoms with Crippen LogP contribution in [0.2, 0.25) is 20.1 Å². The quantitative estimate of drug-likeness (QED) is 0.661. The van der Waals surface area contributed by atoms with Gasteiger partial charge in [-0.05, 0) is 0 Å². The van der Waals surface area contributed by atoms with E-state index in [2.05, 4.69) is 4.98 Å². The Balaban J connectivity index is 2.96. The van der Waals surface area contributed by atoms with Gasteiger partial charge in [0, 0.05) is 0 Å². The summed E-state index contributed by atoms with van der Waals surface area (Å²) in [7, 11) is 0. The standard InChI is InChI=1S/C9H6Cl4N2O2/c10-3-4(11)6(13)8-7(5(3)12)14-9(17)15(8)1-2-16/h16H,1-2H2,(H,14,17). The molecule has 4 nitrogen and oxygen atoms in total. The van der Waals surface area contributed by atoms with Crippen molar-refractivity contribution in [2.45, 2.75) is 6.54 Å². The third-order valence-electron chi connectivity index (χ3n) is 2.31. The molecule has 0 amide bonds. The van der Waals surface area contributed by atoms with Gasteiger partial charge < -0.3 is 10.1 Å². The number of aromatic nitrogens is 2. The average Bonchev–Trinajstić information content (AvgIpc) is 2.62. The second-order valence-corrected chi connectivity index (χ2v) is 4.80. The van der Waals surface area contributed by atoms with Gasteiger partial charge in [0.25, 0.3) is 0 Å². The summed E-state index contributed by atoms with van der Waals surface area (Å²) in [4.78, 5) is 14.2. The molecule has 2 N–H and O–H groups in total. The molecule has 2 rings (SSSR count). The number of rotatable bonds is 2. The van der Waals surface area contributed by atoms with Gasteiger partial charge in [-0.25, -0.2) is 4.79 Å². The van der Waals surface area contributed by atoms with Crippen molar-refractivity contribution in [1.29, 1.82) is 0 Å². The SMILES string of the molecule is O=c1[nH]c2c(Cl)c(Cl)c(Cl)c(Cl)c2n1CCO. The Kier molecular flexibility index (Phi) is 3.61. The first-order valence-electron chi connectivity index (χ1n) is 4.54. The molecular formula is C9H6Cl4N2O2. The van der Waals surface area contributed by atoms with Crippen LogP contribution in [0.15, 0.2) is 4.79 Å². The fraction of sp³-hybridized carbons (Fsp3) is 0.222. The lowest BCUT2D eigenvalue weighted by molar-refractivity contribution is 0.276. The van der Waals surface area contributed by atoms with E-state index < -0.39 is 5.69 Å². The number of benzene rings is 1. The van der Waals surface area contributed by atoms with Crippen molar-refractivity contribution in [3.05, 3.63) is 30.6 Å². The number of aliphatic hydroxyl groups excluding tert-OH is 1. The van der Waals surface area contributed by atoms with Gasteiger partial charge in [-0.3, -0.25) is 4.57 Å². The van der Waals surface area contributed by atoms with Crippen molar-refractivity contribution < 1.29 is 5.11 Å². The summed E-state index contributed by atoms with van der Waals surface area (Å²) in [5, 5.41) is 9.32. The van der Waals surface area contributed by atoms with Gasteiger partial charge >= 0.3 is 5.69 Å². The largest absolute Gasteiger partial charge is 0.395 e. The van der Waals surface area contributed by atoms with Gasteiger partial charge in [0.05, 0.1) is 44.3 Å². The minimum absolute atomic E-state index is 0.0801. The van der Waals surface area contributed by atoms with Crippen molar-refractivity contribution in [2.75, 3.05) is 6.61 Å². The van der Waals surface area contributed by atoms with Crippen LogP contribution >= 0.6 is 46.4 Å². The zero-order chi connectivity index (χ0) is 12.7. The molecular weight excluding hydrogens is 310 g/mol. The van der Waals surface area contributed by atoms with Crippen molar-refractivity contribution >= 4 is 57.4 Å². The summed E-state index contributed by atoms with van der Waals surface area (Å²) in [6.07, 6.45) is 0. The molecule has 0 saturated heterocycles. The Morgan fingerprint density at radius 1 is 1.06 bits per heavy atom. The number of nitrogens with zero attached hydrogens (tertiary/aromatic N) is 1. The Morgan fingerprint density at radius 2 is 1.65 bits per heavy atom. The molecule has 8 heteroatoms. The monoisotopic (exact) mass is 314 g/mol. The molecule has 0 fully saturated rings. The lowest BCUT2D eigenvalue weighted by Crippen LogP contribution is -2.18. The van der Waals surface area contributed by atoms with Crippen LogP contribution in [0.4, 0.5) is 0 Å². The Labute approximate surface area is 116 Å². The van der Waals surface area contributed by atoms with E-state index in [-0.39, 0.29) is 33.2 Å². The van der Waals surface area contributed by atoms with E-state index >= 15 is 0 Å². The number of imidazole rings is 1. The van der Waals surface area contributed by atoms with Gasteiger partial charge in [0.2, 0.25) is 0 Å². The molecule has 0 unspecified atom stereocenters. The third-order valence-corrected chi connectivity index (χ3v) is 4.11. The van der Waals surface area contributed by atoms with Gasteiger partial charge in [0.1, 0.15) is 0 Å². The fourth-order valence-electron chi connectivity index (χ4n) is 1.58. The van der Waals surface area contributed by atoms with Crippen LogP contribution in [0, 0.1) is 0 Å². The predicted octanol–water partition coefficient (Wildman–Crippen LogP) is 2.94. The second kappa shape index (κ2) is 4.71. The van der Waals surface area contributed by atoms with E-state index in [1.807, 2.05) is 0 Å². The molecule has 0 saturated carbocycles. The number of fused-ring (bicyclic) bond motifs is 1. The zero-order valence-corrected chi connectivity index (χ0v) is 11.3. The lowest BCUT2D eigenvalue weighted by atomic mass is 10.3. The normalized spacial score (nSPS) is 11.4. The van der Waals surface area contributed by atoms with Crippen LogP contribution in [0.5, 0.6) is 0 Å².